The lowest BCUT2D eigenvalue weighted by Gasteiger charge is -2.11. The van der Waals surface area contributed by atoms with Crippen molar-refractivity contribution in [1.82, 2.24) is 0 Å². The summed E-state index contributed by atoms with van der Waals surface area (Å²) in [5, 5.41) is 2.23. The lowest BCUT2D eigenvalue weighted by Crippen LogP contribution is -2.19. The molecule has 0 aliphatic heterocycles. The first-order chi connectivity index (χ1) is 8.43. The second kappa shape index (κ2) is 6.80. The summed E-state index contributed by atoms with van der Waals surface area (Å²) in [5.74, 6) is -2.08. The van der Waals surface area contributed by atoms with E-state index in [1.807, 2.05) is 6.92 Å². The van der Waals surface area contributed by atoms with Crippen LogP contribution in [0.25, 0.3) is 0 Å². The molecule has 0 aromatic heterocycles. The van der Waals surface area contributed by atoms with Crippen LogP contribution in [0.1, 0.15) is 13.3 Å². The van der Waals surface area contributed by atoms with Crippen molar-refractivity contribution in [3.63, 3.8) is 0 Å². The van der Waals surface area contributed by atoms with E-state index in [-0.39, 0.29) is 16.8 Å². The molecule has 0 aliphatic carbocycles. The monoisotopic (exact) mass is 321 g/mol. The Morgan fingerprint density at radius 2 is 2.00 bits per heavy atom. The summed E-state index contributed by atoms with van der Waals surface area (Å²) >= 11 is 2.96. The predicted molar refractivity (Wildman–Crippen MR) is 68.3 cm³/mol. The molecule has 18 heavy (non-hydrogen) atoms. The number of carbonyl (C=O) groups excluding carboxylic acids is 1. The largest absolute Gasteiger partial charge is 0.384 e. The number of rotatable bonds is 5. The van der Waals surface area contributed by atoms with Crippen molar-refractivity contribution < 1.29 is 18.3 Å². The molecular weight excluding hydrogens is 308 g/mol. The fourth-order valence-corrected chi connectivity index (χ4v) is 1.91. The minimum Gasteiger partial charge on any atom is -0.384 e. The second-order valence-corrected chi connectivity index (χ2v) is 4.97. The summed E-state index contributed by atoms with van der Waals surface area (Å²) in [4.78, 5) is 11.6. The van der Waals surface area contributed by atoms with Crippen molar-refractivity contribution >= 4 is 27.5 Å². The molecule has 100 valence electrons. The maximum absolute atomic E-state index is 13.4. The fraction of sp³-hybridized carbons (Fsp3) is 0.417. The second-order valence-electron chi connectivity index (χ2n) is 4.06. The number of methoxy groups -OCH3 is 1. The van der Waals surface area contributed by atoms with Gasteiger partial charge in [-0.3, -0.25) is 4.79 Å². The van der Waals surface area contributed by atoms with Crippen LogP contribution in [0.15, 0.2) is 16.6 Å². The highest BCUT2D eigenvalue weighted by molar-refractivity contribution is 9.10. The Morgan fingerprint density at radius 1 is 1.44 bits per heavy atom. The van der Waals surface area contributed by atoms with Gasteiger partial charge in [0.25, 0.3) is 0 Å². The number of benzene rings is 1. The van der Waals surface area contributed by atoms with Gasteiger partial charge in [0.05, 0.1) is 0 Å². The molecule has 0 aliphatic rings. The molecule has 6 heteroatoms. The van der Waals surface area contributed by atoms with Gasteiger partial charge in [0.1, 0.15) is 5.69 Å². The van der Waals surface area contributed by atoms with Gasteiger partial charge < -0.3 is 10.1 Å². The third kappa shape index (κ3) is 4.34. The van der Waals surface area contributed by atoms with Gasteiger partial charge in [-0.25, -0.2) is 8.78 Å². The molecule has 0 bridgehead atoms. The summed E-state index contributed by atoms with van der Waals surface area (Å²) in [6, 6.07) is 2.19. The van der Waals surface area contributed by atoms with Crippen molar-refractivity contribution in [3.05, 3.63) is 28.2 Å². The lowest BCUT2D eigenvalue weighted by atomic mass is 10.1. The van der Waals surface area contributed by atoms with Crippen molar-refractivity contribution in [2.24, 2.45) is 5.92 Å². The zero-order valence-electron chi connectivity index (χ0n) is 10.1. The molecule has 3 nitrogen and oxygen atoms in total. The standard InChI is InChI=1S/C12H14BrF2NO2/c1-7(6-18-2)3-11(17)16-12-9(14)4-8(13)5-10(12)15/h4-5,7H,3,6H2,1-2H3,(H,16,17). The first-order valence-electron chi connectivity index (χ1n) is 5.37. The van der Waals surface area contributed by atoms with Gasteiger partial charge in [0, 0.05) is 24.6 Å². The van der Waals surface area contributed by atoms with E-state index in [2.05, 4.69) is 21.2 Å². The maximum Gasteiger partial charge on any atom is 0.224 e. The van der Waals surface area contributed by atoms with Gasteiger partial charge in [-0.1, -0.05) is 22.9 Å². The highest BCUT2D eigenvalue weighted by atomic mass is 79.9. The summed E-state index contributed by atoms with van der Waals surface area (Å²) < 4.78 is 32.1. The van der Waals surface area contributed by atoms with Gasteiger partial charge in [-0.2, -0.15) is 0 Å². The van der Waals surface area contributed by atoms with E-state index < -0.39 is 23.2 Å². The number of hydrogen-bond acceptors (Lipinski definition) is 2. The SMILES string of the molecule is COCC(C)CC(=O)Nc1c(F)cc(Br)cc1F. The molecule has 1 N–H and O–H groups in total. The number of hydrogen-bond donors (Lipinski definition) is 1. The fourth-order valence-electron chi connectivity index (χ4n) is 1.51. The van der Waals surface area contributed by atoms with Crippen LogP contribution in [-0.2, 0) is 9.53 Å². The molecule has 1 amide bonds. The van der Waals surface area contributed by atoms with E-state index in [0.717, 1.165) is 12.1 Å². The van der Waals surface area contributed by atoms with Crippen LogP contribution >= 0.6 is 15.9 Å². The van der Waals surface area contributed by atoms with Crippen molar-refractivity contribution in [2.75, 3.05) is 19.0 Å². The van der Waals surface area contributed by atoms with Gasteiger partial charge in [0.15, 0.2) is 11.6 Å². The highest BCUT2D eigenvalue weighted by Crippen LogP contribution is 2.24. The average Bonchev–Trinajstić information content (AvgIpc) is 2.23. The summed E-state index contributed by atoms with van der Waals surface area (Å²) in [6.45, 7) is 2.23. The first-order valence-corrected chi connectivity index (χ1v) is 6.16. The number of nitrogens with one attached hydrogen (secondary N) is 1. The topological polar surface area (TPSA) is 38.3 Å². The molecule has 0 saturated heterocycles. The van der Waals surface area contributed by atoms with E-state index in [1.165, 1.54) is 7.11 Å². The van der Waals surface area contributed by atoms with Gasteiger partial charge >= 0.3 is 0 Å². The molecule has 0 fully saturated rings. The number of anilines is 1. The summed E-state index contributed by atoms with van der Waals surface area (Å²) in [5.41, 5.74) is -0.423. The van der Waals surface area contributed by atoms with Crippen LogP contribution in [0.5, 0.6) is 0 Å². The number of halogens is 3. The van der Waals surface area contributed by atoms with E-state index in [1.54, 1.807) is 0 Å². The Bertz CT molecular complexity index is 417. The number of amides is 1. The predicted octanol–water partition coefficient (Wildman–Crippen LogP) is 3.34. The average molecular weight is 322 g/mol. The molecule has 1 aromatic rings. The Morgan fingerprint density at radius 3 is 2.50 bits per heavy atom. The Kier molecular flexibility index (Phi) is 5.68. The van der Waals surface area contributed by atoms with E-state index >= 15 is 0 Å². The molecule has 1 rings (SSSR count). The Balaban J connectivity index is 2.70. The molecule has 1 unspecified atom stereocenters. The maximum atomic E-state index is 13.4. The smallest absolute Gasteiger partial charge is 0.224 e. The van der Waals surface area contributed by atoms with Crippen LogP contribution in [0, 0.1) is 17.6 Å². The van der Waals surface area contributed by atoms with Crippen molar-refractivity contribution in [2.45, 2.75) is 13.3 Å². The zero-order chi connectivity index (χ0) is 13.7. The zero-order valence-corrected chi connectivity index (χ0v) is 11.7. The van der Waals surface area contributed by atoms with Crippen LogP contribution in [0.2, 0.25) is 0 Å². The minimum absolute atomic E-state index is 0.0171. The highest BCUT2D eigenvalue weighted by Gasteiger charge is 2.15. The minimum atomic E-state index is -0.811. The molecular formula is C12H14BrF2NO2. The van der Waals surface area contributed by atoms with Crippen LogP contribution < -0.4 is 5.32 Å². The van der Waals surface area contributed by atoms with Crippen LogP contribution in [0.3, 0.4) is 0 Å². The van der Waals surface area contributed by atoms with E-state index in [9.17, 15) is 13.6 Å². The molecule has 0 heterocycles. The van der Waals surface area contributed by atoms with Crippen molar-refractivity contribution in [1.29, 1.82) is 0 Å². The number of ether oxygens (including phenoxy) is 1. The number of carbonyl (C=O) groups is 1. The molecule has 0 radical (unpaired) electrons. The Labute approximate surface area is 113 Å². The van der Waals surface area contributed by atoms with Gasteiger partial charge in [0.2, 0.25) is 5.91 Å². The first kappa shape index (κ1) is 15.0. The molecule has 1 atom stereocenters. The summed E-state index contributed by atoms with van der Waals surface area (Å²) in [7, 11) is 1.53. The lowest BCUT2D eigenvalue weighted by molar-refractivity contribution is -0.117. The van der Waals surface area contributed by atoms with E-state index in [4.69, 9.17) is 4.74 Å². The quantitative estimate of drug-likeness (QED) is 0.903. The Hall–Kier alpha value is -1.01. The van der Waals surface area contributed by atoms with Crippen molar-refractivity contribution in [3.8, 4) is 0 Å². The van der Waals surface area contributed by atoms with Gasteiger partial charge in [-0.05, 0) is 18.1 Å². The van der Waals surface area contributed by atoms with E-state index in [0.29, 0.717) is 6.61 Å². The van der Waals surface area contributed by atoms with Crippen LogP contribution in [-0.4, -0.2) is 19.6 Å². The molecule has 0 saturated carbocycles. The normalized spacial score (nSPS) is 12.3. The summed E-state index contributed by atoms with van der Waals surface area (Å²) in [6.07, 6.45) is 0.142. The third-order valence-electron chi connectivity index (χ3n) is 2.26. The van der Waals surface area contributed by atoms with Crippen LogP contribution in [0.4, 0.5) is 14.5 Å². The molecule has 1 aromatic carbocycles. The molecule has 0 spiro atoms. The third-order valence-corrected chi connectivity index (χ3v) is 2.71. The van der Waals surface area contributed by atoms with Gasteiger partial charge in [-0.15, -0.1) is 0 Å².